The van der Waals surface area contributed by atoms with Gasteiger partial charge in [0.2, 0.25) is 10.0 Å². The van der Waals surface area contributed by atoms with Crippen LogP contribution in [0.1, 0.15) is 12.0 Å². The second-order valence-electron chi connectivity index (χ2n) is 5.63. The molecule has 1 fully saturated rings. The number of methoxy groups -OCH3 is 1. The van der Waals surface area contributed by atoms with Crippen molar-refractivity contribution in [2.75, 3.05) is 20.2 Å². The zero-order chi connectivity index (χ0) is 18.0. The van der Waals surface area contributed by atoms with E-state index in [4.69, 9.17) is 21.1 Å². The van der Waals surface area contributed by atoms with Crippen molar-refractivity contribution in [1.29, 1.82) is 0 Å². The van der Waals surface area contributed by atoms with E-state index in [2.05, 4.69) is 9.97 Å². The number of hydrogen-bond acceptors (Lipinski definition) is 6. The van der Waals surface area contributed by atoms with E-state index in [-0.39, 0.29) is 29.3 Å². The van der Waals surface area contributed by atoms with Crippen LogP contribution in [0.4, 0.5) is 0 Å². The molecule has 134 valence electrons. The highest BCUT2D eigenvalue weighted by atomic mass is 35.5. The second kappa shape index (κ2) is 7.15. The average molecular weight is 384 g/mol. The highest BCUT2D eigenvalue weighted by molar-refractivity contribution is 7.89. The molecule has 7 nitrogen and oxygen atoms in total. The fraction of sp³-hybridized carbons (Fsp3) is 0.375. The summed E-state index contributed by atoms with van der Waals surface area (Å²) in [5, 5.41) is 0.428. The Balaban J connectivity index is 1.77. The molecule has 9 heteroatoms. The van der Waals surface area contributed by atoms with Gasteiger partial charge in [-0.3, -0.25) is 0 Å². The second-order valence-corrected chi connectivity index (χ2v) is 7.94. The average Bonchev–Trinajstić information content (AvgIpc) is 3.07. The number of benzene rings is 1. The van der Waals surface area contributed by atoms with Crippen LogP contribution in [0.2, 0.25) is 5.02 Å². The van der Waals surface area contributed by atoms with Gasteiger partial charge in [-0.15, -0.1) is 0 Å². The number of ether oxygens (including phenoxy) is 2. The third kappa shape index (κ3) is 3.56. The molecule has 0 aliphatic carbocycles. The first-order valence-electron chi connectivity index (χ1n) is 7.70. The first kappa shape index (κ1) is 17.9. The van der Waals surface area contributed by atoms with Crippen molar-refractivity contribution in [3.05, 3.63) is 41.2 Å². The number of halogens is 1. The maximum Gasteiger partial charge on any atom is 0.278 e. The highest BCUT2D eigenvalue weighted by Crippen LogP contribution is 2.29. The lowest BCUT2D eigenvalue weighted by molar-refractivity contribution is 0.194. The monoisotopic (exact) mass is 383 g/mol. The summed E-state index contributed by atoms with van der Waals surface area (Å²) in [5.41, 5.74) is 0.545. The fourth-order valence-electron chi connectivity index (χ4n) is 2.71. The van der Waals surface area contributed by atoms with Crippen molar-refractivity contribution >= 4 is 21.6 Å². The van der Waals surface area contributed by atoms with E-state index >= 15 is 0 Å². The summed E-state index contributed by atoms with van der Waals surface area (Å²) in [6, 6.07) is 4.87. The van der Waals surface area contributed by atoms with Crippen molar-refractivity contribution in [2.24, 2.45) is 0 Å². The van der Waals surface area contributed by atoms with Gasteiger partial charge < -0.3 is 9.47 Å². The Hall–Kier alpha value is -1.90. The van der Waals surface area contributed by atoms with Gasteiger partial charge in [0.25, 0.3) is 11.8 Å². The first-order chi connectivity index (χ1) is 11.9. The number of rotatable bonds is 5. The predicted molar refractivity (Wildman–Crippen MR) is 92.6 cm³/mol. The number of hydrogen-bond donors (Lipinski definition) is 0. The minimum atomic E-state index is -3.63. The van der Waals surface area contributed by atoms with Gasteiger partial charge in [-0.05, 0) is 31.0 Å². The molecule has 0 spiro atoms. The van der Waals surface area contributed by atoms with Crippen LogP contribution in [-0.4, -0.2) is 49.0 Å². The van der Waals surface area contributed by atoms with Gasteiger partial charge in [0.15, 0.2) is 0 Å². The summed E-state index contributed by atoms with van der Waals surface area (Å²) >= 11 is 6.06. The van der Waals surface area contributed by atoms with Crippen LogP contribution in [-0.2, 0) is 10.0 Å². The molecular formula is C16H18ClN3O4S. The van der Waals surface area contributed by atoms with Gasteiger partial charge in [0, 0.05) is 24.0 Å². The molecule has 1 aliphatic heterocycles. The topological polar surface area (TPSA) is 81.6 Å². The number of nitrogens with zero attached hydrogens (tertiary/aromatic N) is 3. The molecule has 1 saturated heterocycles. The lowest BCUT2D eigenvalue weighted by Gasteiger charge is -2.19. The van der Waals surface area contributed by atoms with Crippen LogP contribution in [0.5, 0.6) is 11.8 Å². The summed E-state index contributed by atoms with van der Waals surface area (Å²) in [6.07, 6.45) is 3.23. The lowest BCUT2D eigenvalue weighted by atomic mass is 10.2. The van der Waals surface area contributed by atoms with Crippen molar-refractivity contribution in [2.45, 2.75) is 24.3 Å². The molecule has 1 aromatic carbocycles. The molecule has 1 atom stereocenters. The SMILES string of the molecule is COc1nccnc1OC1CCN(S(=O)(=O)c2cccc(Cl)c2C)C1. The molecule has 0 bridgehead atoms. The van der Waals surface area contributed by atoms with E-state index in [9.17, 15) is 8.42 Å². The number of sulfonamides is 1. The minimum Gasteiger partial charge on any atom is -0.477 e. The highest BCUT2D eigenvalue weighted by Gasteiger charge is 2.35. The zero-order valence-electron chi connectivity index (χ0n) is 13.8. The first-order valence-corrected chi connectivity index (χ1v) is 9.52. The molecule has 0 radical (unpaired) electrons. The van der Waals surface area contributed by atoms with Crippen LogP contribution in [0.3, 0.4) is 0 Å². The van der Waals surface area contributed by atoms with Gasteiger partial charge in [0.05, 0.1) is 18.6 Å². The molecule has 1 unspecified atom stereocenters. The van der Waals surface area contributed by atoms with Crippen LogP contribution >= 0.6 is 11.6 Å². The Bertz CT molecular complexity index is 875. The summed E-state index contributed by atoms with van der Waals surface area (Å²) in [7, 11) is -2.15. The quantitative estimate of drug-likeness (QED) is 0.787. The van der Waals surface area contributed by atoms with Crippen LogP contribution in [0.15, 0.2) is 35.5 Å². The number of aromatic nitrogens is 2. The Morgan fingerprint density at radius 3 is 2.68 bits per heavy atom. The van der Waals surface area contributed by atoms with Crippen LogP contribution < -0.4 is 9.47 Å². The minimum absolute atomic E-state index is 0.220. The van der Waals surface area contributed by atoms with E-state index in [1.165, 1.54) is 23.8 Å². The van der Waals surface area contributed by atoms with Crippen molar-refractivity contribution < 1.29 is 17.9 Å². The van der Waals surface area contributed by atoms with Crippen molar-refractivity contribution in [3.8, 4) is 11.8 Å². The normalized spacial score (nSPS) is 18.3. The summed E-state index contributed by atoms with van der Waals surface area (Å²) < 4.78 is 38.1. The van der Waals surface area contributed by atoms with E-state index in [1.807, 2.05) is 0 Å². The maximum atomic E-state index is 12.9. The molecule has 0 N–H and O–H groups in total. The Labute approximate surface area is 151 Å². The molecular weight excluding hydrogens is 366 g/mol. The third-order valence-corrected chi connectivity index (χ3v) is 6.47. The molecule has 2 aromatic rings. The molecule has 3 rings (SSSR count). The smallest absolute Gasteiger partial charge is 0.278 e. The molecule has 25 heavy (non-hydrogen) atoms. The molecule has 1 aromatic heterocycles. The summed E-state index contributed by atoms with van der Waals surface area (Å²) in [6.45, 7) is 2.29. The fourth-order valence-corrected chi connectivity index (χ4v) is 4.67. The summed E-state index contributed by atoms with van der Waals surface area (Å²) in [4.78, 5) is 8.33. The summed E-state index contributed by atoms with van der Waals surface area (Å²) in [5.74, 6) is 0.530. The van der Waals surface area contributed by atoms with E-state index in [0.717, 1.165) is 0 Å². The Morgan fingerprint density at radius 1 is 1.24 bits per heavy atom. The van der Waals surface area contributed by atoms with Gasteiger partial charge in [-0.25, -0.2) is 18.4 Å². The maximum absolute atomic E-state index is 12.9. The Morgan fingerprint density at radius 2 is 1.96 bits per heavy atom. The standard InChI is InChI=1S/C16H18ClN3O4S/c1-11-13(17)4-3-5-14(11)25(21,22)20-9-6-12(10-20)24-16-15(23-2)18-7-8-19-16/h3-5,7-8,12H,6,9-10H2,1-2H3. The van der Waals surface area contributed by atoms with Crippen molar-refractivity contribution in [1.82, 2.24) is 14.3 Å². The molecule has 1 aliphatic rings. The third-order valence-electron chi connectivity index (χ3n) is 4.05. The zero-order valence-corrected chi connectivity index (χ0v) is 15.4. The van der Waals surface area contributed by atoms with Gasteiger partial charge in [-0.1, -0.05) is 17.7 Å². The van der Waals surface area contributed by atoms with Gasteiger partial charge >= 0.3 is 0 Å². The predicted octanol–water partition coefficient (Wildman–Crippen LogP) is 2.29. The molecule has 0 saturated carbocycles. The van der Waals surface area contributed by atoms with Crippen LogP contribution in [0, 0.1) is 6.92 Å². The van der Waals surface area contributed by atoms with E-state index < -0.39 is 10.0 Å². The van der Waals surface area contributed by atoms with E-state index in [0.29, 0.717) is 23.6 Å². The molecule has 0 amide bonds. The van der Waals surface area contributed by atoms with Crippen LogP contribution in [0.25, 0.3) is 0 Å². The van der Waals surface area contributed by atoms with Gasteiger partial charge in [-0.2, -0.15) is 4.31 Å². The van der Waals surface area contributed by atoms with E-state index in [1.54, 1.807) is 25.1 Å². The molecule has 2 heterocycles. The van der Waals surface area contributed by atoms with Crippen molar-refractivity contribution in [3.63, 3.8) is 0 Å². The lowest BCUT2D eigenvalue weighted by Crippen LogP contribution is -2.31. The Kier molecular flexibility index (Phi) is 5.12. The largest absolute Gasteiger partial charge is 0.477 e. The van der Waals surface area contributed by atoms with Gasteiger partial charge in [0.1, 0.15) is 6.10 Å².